The lowest BCUT2D eigenvalue weighted by Gasteiger charge is -2.14. The molecule has 0 spiro atoms. The summed E-state index contributed by atoms with van der Waals surface area (Å²) in [4.78, 5) is 12.3. The Balaban J connectivity index is 1.96. The van der Waals surface area contributed by atoms with E-state index < -0.39 is 5.82 Å². The summed E-state index contributed by atoms with van der Waals surface area (Å²) in [6.07, 6.45) is 7.15. The number of benzene rings is 1. The summed E-state index contributed by atoms with van der Waals surface area (Å²) in [6.45, 7) is 1.92. The third-order valence-corrected chi connectivity index (χ3v) is 4.82. The van der Waals surface area contributed by atoms with E-state index in [0.717, 1.165) is 12.0 Å². The van der Waals surface area contributed by atoms with E-state index in [9.17, 15) is 9.18 Å². The Morgan fingerprint density at radius 3 is 2.68 bits per heavy atom. The van der Waals surface area contributed by atoms with Gasteiger partial charge in [-0.1, -0.05) is 32.6 Å². The van der Waals surface area contributed by atoms with Crippen molar-refractivity contribution in [2.24, 2.45) is 5.92 Å². The first kappa shape index (κ1) is 15.1. The second-order valence-corrected chi connectivity index (χ2v) is 6.27. The molecular formula is C18H22FNO2. The van der Waals surface area contributed by atoms with Gasteiger partial charge in [0.15, 0.2) is 22.9 Å². The van der Waals surface area contributed by atoms with Crippen molar-refractivity contribution in [1.29, 1.82) is 0 Å². The van der Waals surface area contributed by atoms with E-state index in [1.165, 1.54) is 31.7 Å². The standard InChI is InChI=1S/C18H22FNO2/c1-2-12-9-14-15(21)10-13(8-7-11-5-3-4-6-11)16(19)17(14)22-18(12)20/h9-11H,2-8,20H2,1H3. The van der Waals surface area contributed by atoms with E-state index in [0.29, 0.717) is 24.3 Å². The Kier molecular flexibility index (Phi) is 4.19. The predicted octanol–water partition coefficient (Wildman–Crippen LogP) is 4.15. The van der Waals surface area contributed by atoms with Crippen LogP contribution in [0.2, 0.25) is 0 Å². The molecule has 2 N–H and O–H groups in total. The molecule has 0 aromatic carbocycles. The number of anilines is 1. The van der Waals surface area contributed by atoms with Gasteiger partial charge in [0.25, 0.3) is 0 Å². The number of hydrogen-bond donors (Lipinski definition) is 1. The highest BCUT2D eigenvalue weighted by atomic mass is 19.1. The van der Waals surface area contributed by atoms with E-state index >= 15 is 0 Å². The Morgan fingerprint density at radius 2 is 2.00 bits per heavy atom. The van der Waals surface area contributed by atoms with Crippen LogP contribution in [-0.2, 0) is 12.8 Å². The van der Waals surface area contributed by atoms with Crippen LogP contribution in [0.4, 0.5) is 10.3 Å². The van der Waals surface area contributed by atoms with Gasteiger partial charge >= 0.3 is 0 Å². The summed E-state index contributed by atoms with van der Waals surface area (Å²) in [6, 6.07) is 3.08. The number of aryl methyl sites for hydroxylation is 2. The van der Waals surface area contributed by atoms with Crippen LogP contribution in [-0.4, -0.2) is 0 Å². The average molecular weight is 303 g/mol. The topological polar surface area (TPSA) is 56.2 Å². The molecule has 1 aliphatic heterocycles. The summed E-state index contributed by atoms with van der Waals surface area (Å²) >= 11 is 0. The molecule has 0 unspecified atom stereocenters. The molecule has 3 aliphatic rings. The molecule has 0 aromatic heterocycles. The van der Waals surface area contributed by atoms with Gasteiger partial charge in [0.2, 0.25) is 0 Å². The van der Waals surface area contributed by atoms with Crippen molar-refractivity contribution in [2.45, 2.75) is 51.9 Å². The number of fused-ring (bicyclic) bond motifs is 1. The van der Waals surface area contributed by atoms with Crippen LogP contribution in [0.25, 0.3) is 11.3 Å². The van der Waals surface area contributed by atoms with E-state index in [1.807, 2.05) is 6.92 Å². The first-order valence-electron chi connectivity index (χ1n) is 8.13. The number of halogens is 1. The monoisotopic (exact) mass is 303 g/mol. The van der Waals surface area contributed by atoms with Gasteiger partial charge < -0.3 is 10.2 Å². The van der Waals surface area contributed by atoms with Crippen LogP contribution in [0.15, 0.2) is 21.3 Å². The summed E-state index contributed by atoms with van der Waals surface area (Å²) in [5.74, 6) is 0.432. The molecule has 22 heavy (non-hydrogen) atoms. The van der Waals surface area contributed by atoms with Crippen molar-refractivity contribution in [1.82, 2.24) is 0 Å². The second-order valence-electron chi connectivity index (χ2n) is 6.27. The van der Waals surface area contributed by atoms with Crippen LogP contribution >= 0.6 is 0 Å². The van der Waals surface area contributed by atoms with Crippen LogP contribution in [0.3, 0.4) is 0 Å². The van der Waals surface area contributed by atoms with E-state index in [2.05, 4.69) is 0 Å². The van der Waals surface area contributed by atoms with Crippen LogP contribution in [0.1, 0.15) is 50.2 Å². The molecule has 0 amide bonds. The SMILES string of the molecule is CCc1cc2c(=O)cc(CCC3CCCC3)c(F)c-2oc1N. The zero-order valence-corrected chi connectivity index (χ0v) is 13.0. The molecular weight excluding hydrogens is 281 g/mol. The maximum Gasteiger partial charge on any atom is 0.194 e. The van der Waals surface area contributed by atoms with E-state index in [4.69, 9.17) is 10.2 Å². The van der Waals surface area contributed by atoms with Gasteiger partial charge in [-0.2, -0.15) is 0 Å². The minimum atomic E-state index is -0.429. The Bertz CT molecular complexity index is 701. The molecule has 3 rings (SSSR count). The summed E-state index contributed by atoms with van der Waals surface area (Å²) in [5.41, 5.74) is 7.10. The fraction of sp³-hybridized carbons (Fsp3) is 0.500. The smallest absolute Gasteiger partial charge is 0.194 e. The Labute approximate surface area is 129 Å². The Morgan fingerprint density at radius 1 is 1.27 bits per heavy atom. The number of nitrogen functional groups attached to an aromatic ring is 1. The second kappa shape index (κ2) is 6.11. The largest absolute Gasteiger partial charge is 0.437 e. The van der Waals surface area contributed by atoms with Crippen molar-refractivity contribution in [3.63, 3.8) is 0 Å². The van der Waals surface area contributed by atoms with Gasteiger partial charge in [0.1, 0.15) is 0 Å². The highest BCUT2D eigenvalue weighted by molar-refractivity contribution is 5.64. The maximum absolute atomic E-state index is 14.7. The van der Waals surface area contributed by atoms with Crippen molar-refractivity contribution in [3.05, 3.63) is 39.3 Å². The molecule has 0 saturated heterocycles. The highest BCUT2D eigenvalue weighted by Gasteiger charge is 2.22. The lowest BCUT2D eigenvalue weighted by atomic mass is 9.95. The molecule has 118 valence electrons. The number of nitrogens with two attached hydrogens (primary N) is 1. The molecule has 0 aromatic rings. The van der Waals surface area contributed by atoms with Gasteiger partial charge in [-0.25, -0.2) is 4.39 Å². The zero-order valence-electron chi connectivity index (χ0n) is 13.0. The van der Waals surface area contributed by atoms with Crippen molar-refractivity contribution < 1.29 is 8.81 Å². The quantitative estimate of drug-likeness (QED) is 0.923. The number of rotatable bonds is 4. The number of hydrogen-bond acceptors (Lipinski definition) is 3. The lowest BCUT2D eigenvalue weighted by Crippen LogP contribution is -2.12. The molecule has 4 heteroatoms. The van der Waals surface area contributed by atoms with Gasteiger partial charge in [-0.05, 0) is 42.9 Å². The fourth-order valence-corrected chi connectivity index (χ4v) is 3.45. The fourth-order valence-electron chi connectivity index (χ4n) is 3.45. The minimum absolute atomic E-state index is 0.00335. The first-order chi connectivity index (χ1) is 10.6. The first-order valence-corrected chi connectivity index (χ1v) is 8.13. The maximum atomic E-state index is 14.7. The molecule has 0 atom stereocenters. The molecule has 3 nitrogen and oxygen atoms in total. The van der Waals surface area contributed by atoms with Crippen molar-refractivity contribution in [2.75, 3.05) is 5.73 Å². The van der Waals surface area contributed by atoms with Crippen LogP contribution < -0.4 is 11.2 Å². The van der Waals surface area contributed by atoms with Crippen molar-refractivity contribution >= 4 is 5.88 Å². The lowest BCUT2D eigenvalue weighted by molar-refractivity contribution is 0.483. The van der Waals surface area contributed by atoms with E-state index in [1.54, 1.807) is 6.07 Å². The minimum Gasteiger partial charge on any atom is -0.437 e. The molecule has 2 aliphatic carbocycles. The van der Waals surface area contributed by atoms with Gasteiger partial charge in [0, 0.05) is 5.56 Å². The molecule has 1 saturated carbocycles. The van der Waals surface area contributed by atoms with Crippen molar-refractivity contribution in [3.8, 4) is 11.3 Å². The highest BCUT2D eigenvalue weighted by Crippen LogP contribution is 2.32. The summed E-state index contributed by atoms with van der Waals surface area (Å²) in [7, 11) is 0. The molecule has 0 bridgehead atoms. The third kappa shape index (κ3) is 2.74. The summed E-state index contributed by atoms with van der Waals surface area (Å²) < 4.78 is 20.1. The predicted molar refractivity (Wildman–Crippen MR) is 85.6 cm³/mol. The zero-order chi connectivity index (χ0) is 15.7. The van der Waals surface area contributed by atoms with Gasteiger partial charge in [-0.3, -0.25) is 4.79 Å². The van der Waals surface area contributed by atoms with Crippen LogP contribution in [0.5, 0.6) is 0 Å². The van der Waals surface area contributed by atoms with Gasteiger partial charge in [-0.15, -0.1) is 0 Å². The molecule has 1 heterocycles. The van der Waals surface area contributed by atoms with Crippen LogP contribution in [0, 0.1) is 11.7 Å². The third-order valence-electron chi connectivity index (χ3n) is 4.82. The normalized spacial score (nSPS) is 15.7. The Hall–Kier alpha value is -1.84. The summed E-state index contributed by atoms with van der Waals surface area (Å²) in [5, 5.41) is 0. The average Bonchev–Trinajstić information content (AvgIpc) is 3.02. The molecule has 1 fully saturated rings. The van der Waals surface area contributed by atoms with Gasteiger partial charge in [0.05, 0.1) is 5.56 Å². The van der Waals surface area contributed by atoms with E-state index in [-0.39, 0.29) is 22.6 Å². The molecule has 0 radical (unpaired) electrons.